The van der Waals surface area contributed by atoms with E-state index in [9.17, 15) is 8.42 Å². The van der Waals surface area contributed by atoms with Crippen LogP contribution < -0.4 is 10.6 Å². The molecular formula is C13H20N2O2S. The minimum atomic E-state index is -3.20. The van der Waals surface area contributed by atoms with Crippen LogP contribution in [0.2, 0.25) is 0 Å². The molecule has 0 aliphatic carbocycles. The zero-order chi connectivity index (χ0) is 13.5. The number of aryl methyl sites for hydroxylation is 2. The normalized spacial score (nSPS) is 21.8. The molecule has 1 unspecified atom stereocenters. The van der Waals surface area contributed by atoms with Gasteiger partial charge in [-0.05, 0) is 37.9 Å². The fraction of sp³-hybridized carbons (Fsp3) is 0.538. The first-order valence-electron chi connectivity index (χ1n) is 6.14. The van der Waals surface area contributed by atoms with E-state index >= 15 is 0 Å². The number of benzene rings is 1. The van der Waals surface area contributed by atoms with Crippen molar-refractivity contribution in [2.24, 2.45) is 5.73 Å². The molecule has 1 heterocycles. The van der Waals surface area contributed by atoms with E-state index in [4.69, 9.17) is 5.73 Å². The lowest BCUT2D eigenvalue weighted by Gasteiger charge is -2.37. The molecule has 0 aromatic heterocycles. The Labute approximate surface area is 109 Å². The van der Waals surface area contributed by atoms with Gasteiger partial charge in [-0.3, -0.25) is 0 Å². The lowest BCUT2D eigenvalue weighted by molar-refractivity contribution is 0.559. The van der Waals surface area contributed by atoms with Crippen LogP contribution in [0.4, 0.5) is 5.69 Å². The van der Waals surface area contributed by atoms with Gasteiger partial charge in [0.1, 0.15) is 0 Å². The first kappa shape index (κ1) is 13.4. The highest BCUT2D eigenvalue weighted by Crippen LogP contribution is 2.37. The van der Waals surface area contributed by atoms with Crippen molar-refractivity contribution >= 4 is 15.5 Å². The molecule has 1 aliphatic rings. The van der Waals surface area contributed by atoms with E-state index in [0.717, 1.165) is 16.8 Å². The zero-order valence-corrected chi connectivity index (χ0v) is 11.9. The van der Waals surface area contributed by atoms with E-state index in [-0.39, 0.29) is 11.8 Å². The Morgan fingerprint density at radius 1 is 1.33 bits per heavy atom. The van der Waals surface area contributed by atoms with Crippen LogP contribution in [-0.2, 0) is 9.84 Å². The van der Waals surface area contributed by atoms with Gasteiger partial charge in [0.15, 0.2) is 9.84 Å². The summed E-state index contributed by atoms with van der Waals surface area (Å²) in [6.07, 6.45) is 0.697. The van der Waals surface area contributed by atoms with E-state index in [1.165, 1.54) is 0 Å². The average molecular weight is 268 g/mol. The standard InChI is InChI=1S/C13H20N2O2S/c1-9-4-5-10(2)13-12(9)15(3)11(6-7-14)8-18(13,16)17/h4-5,11H,6-8,14H2,1-3H3. The summed E-state index contributed by atoms with van der Waals surface area (Å²) < 4.78 is 24.8. The molecule has 0 fully saturated rings. The van der Waals surface area contributed by atoms with Gasteiger partial charge in [0.05, 0.1) is 16.3 Å². The third-order valence-electron chi connectivity index (χ3n) is 3.65. The maximum absolute atomic E-state index is 12.4. The summed E-state index contributed by atoms with van der Waals surface area (Å²) in [4.78, 5) is 2.57. The molecule has 0 radical (unpaired) electrons. The summed E-state index contributed by atoms with van der Waals surface area (Å²) in [5, 5.41) is 0. The number of sulfone groups is 1. The Morgan fingerprint density at radius 3 is 2.56 bits per heavy atom. The van der Waals surface area contributed by atoms with E-state index in [2.05, 4.69) is 4.90 Å². The van der Waals surface area contributed by atoms with Crippen molar-refractivity contribution in [3.05, 3.63) is 23.3 Å². The molecule has 2 rings (SSSR count). The van der Waals surface area contributed by atoms with Gasteiger partial charge in [0, 0.05) is 13.1 Å². The van der Waals surface area contributed by atoms with Crippen molar-refractivity contribution in [1.29, 1.82) is 0 Å². The lowest BCUT2D eigenvalue weighted by Crippen LogP contribution is -2.44. The molecule has 1 aliphatic heterocycles. The van der Waals surface area contributed by atoms with Crippen LogP contribution in [0.15, 0.2) is 17.0 Å². The van der Waals surface area contributed by atoms with E-state index in [1.807, 2.05) is 33.0 Å². The van der Waals surface area contributed by atoms with Gasteiger partial charge in [0.25, 0.3) is 0 Å². The van der Waals surface area contributed by atoms with Crippen LogP contribution in [-0.4, -0.2) is 33.8 Å². The zero-order valence-electron chi connectivity index (χ0n) is 11.1. The number of hydrogen-bond donors (Lipinski definition) is 1. The molecule has 0 bridgehead atoms. The van der Waals surface area contributed by atoms with Crippen molar-refractivity contribution in [2.45, 2.75) is 31.2 Å². The molecule has 1 aromatic carbocycles. The van der Waals surface area contributed by atoms with Gasteiger partial charge in [-0.2, -0.15) is 0 Å². The van der Waals surface area contributed by atoms with E-state index in [0.29, 0.717) is 17.9 Å². The Kier molecular flexibility index (Phi) is 3.38. The molecular weight excluding hydrogens is 248 g/mol. The van der Waals surface area contributed by atoms with Crippen molar-refractivity contribution in [3.8, 4) is 0 Å². The molecule has 1 atom stereocenters. The molecule has 2 N–H and O–H groups in total. The minimum absolute atomic E-state index is 0.0204. The Balaban J connectivity index is 2.66. The molecule has 0 saturated heterocycles. The largest absolute Gasteiger partial charge is 0.369 e. The maximum Gasteiger partial charge on any atom is 0.182 e. The van der Waals surface area contributed by atoms with Crippen LogP contribution in [0.1, 0.15) is 17.5 Å². The van der Waals surface area contributed by atoms with Gasteiger partial charge in [-0.25, -0.2) is 8.42 Å². The Hall–Kier alpha value is -1.07. The highest BCUT2D eigenvalue weighted by atomic mass is 32.2. The number of anilines is 1. The molecule has 0 amide bonds. The number of nitrogens with two attached hydrogens (primary N) is 1. The molecule has 5 heteroatoms. The summed E-state index contributed by atoms with van der Waals surface area (Å²) in [7, 11) is -1.24. The monoisotopic (exact) mass is 268 g/mol. The van der Waals surface area contributed by atoms with Crippen molar-refractivity contribution in [1.82, 2.24) is 0 Å². The molecule has 1 aromatic rings. The first-order chi connectivity index (χ1) is 8.38. The summed E-state index contributed by atoms with van der Waals surface area (Å²) in [5.74, 6) is 0.165. The van der Waals surface area contributed by atoms with Gasteiger partial charge in [-0.15, -0.1) is 0 Å². The van der Waals surface area contributed by atoms with Crippen LogP contribution in [0.3, 0.4) is 0 Å². The molecule has 4 nitrogen and oxygen atoms in total. The third-order valence-corrected chi connectivity index (χ3v) is 5.61. The lowest BCUT2D eigenvalue weighted by atomic mass is 10.1. The molecule has 18 heavy (non-hydrogen) atoms. The van der Waals surface area contributed by atoms with Crippen LogP contribution in [0.25, 0.3) is 0 Å². The number of nitrogens with zero attached hydrogens (tertiary/aromatic N) is 1. The average Bonchev–Trinajstić information content (AvgIpc) is 2.28. The van der Waals surface area contributed by atoms with Crippen LogP contribution >= 0.6 is 0 Å². The van der Waals surface area contributed by atoms with Gasteiger partial charge in [0.2, 0.25) is 0 Å². The van der Waals surface area contributed by atoms with Crippen molar-refractivity contribution < 1.29 is 8.42 Å². The quantitative estimate of drug-likeness (QED) is 0.876. The smallest absolute Gasteiger partial charge is 0.182 e. The maximum atomic E-state index is 12.4. The number of fused-ring (bicyclic) bond motifs is 1. The predicted molar refractivity (Wildman–Crippen MR) is 73.8 cm³/mol. The second kappa shape index (κ2) is 4.55. The number of rotatable bonds is 2. The predicted octanol–water partition coefficient (Wildman–Crippen LogP) is 1.24. The molecule has 0 spiro atoms. The Bertz CT molecular complexity index is 567. The second-order valence-electron chi connectivity index (χ2n) is 5.00. The number of hydrogen-bond acceptors (Lipinski definition) is 4. The van der Waals surface area contributed by atoms with E-state index < -0.39 is 9.84 Å². The van der Waals surface area contributed by atoms with Crippen molar-refractivity contribution in [2.75, 3.05) is 24.2 Å². The summed E-state index contributed by atoms with van der Waals surface area (Å²) in [6.45, 7) is 4.31. The fourth-order valence-electron chi connectivity index (χ4n) is 2.70. The van der Waals surface area contributed by atoms with Gasteiger partial charge >= 0.3 is 0 Å². The summed E-state index contributed by atoms with van der Waals surface area (Å²) >= 11 is 0. The van der Waals surface area contributed by atoms with Crippen LogP contribution in [0, 0.1) is 13.8 Å². The topological polar surface area (TPSA) is 63.4 Å². The summed E-state index contributed by atoms with van der Waals surface area (Å²) in [6, 6.07) is 3.83. The fourth-order valence-corrected chi connectivity index (χ4v) is 4.92. The SMILES string of the molecule is Cc1ccc(C)c2c1N(C)C(CCN)CS2(=O)=O. The Morgan fingerprint density at radius 2 is 1.94 bits per heavy atom. The van der Waals surface area contributed by atoms with Gasteiger partial charge in [-0.1, -0.05) is 12.1 Å². The third kappa shape index (κ3) is 2.01. The van der Waals surface area contributed by atoms with Crippen molar-refractivity contribution in [3.63, 3.8) is 0 Å². The highest BCUT2D eigenvalue weighted by molar-refractivity contribution is 7.91. The van der Waals surface area contributed by atoms with Crippen LogP contribution in [0.5, 0.6) is 0 Å². The van der Waals surface area contributed by atoms with Gasteiger partial charge < -0.3 is 10.6 Å². The van der Waals surface area contributed by atoms with E-state index in [1.54, 1.807) is 0 Å². The first-order valence-corrected chi connectivity index (χ1v) is 7.79. The molecule has 0 saturated carbocycles. The second-order valence-corrected chi connectivity index (χ2v) is 6.97. The molecule has 100 valence electrons. The minimum Gasteiger partial charge on any atom is -0.369 e. The highest BCUT2D eigenvalue weighted by Gasteiger charge is 2.35. The summed E-state index contributed by atoms with van der Waals surface area (Å²) in [5.41, 5.74) is 8.25.